The highest BCUT2D eigenvalue weighted by molar-refractivity contribution is 5.89. The molecule has 294 valence electrons. The fourth-order valence-electron chi connectivity index (χ4n) is 8.11. The average Bonchev–Trinajstić information content (AvgIpc) is 3.58. The number of hydrogen-bond donors (Lipinski definition) is 4. The number of amides is 2. The van der Waals surface area contributed by atoms with Crippen LogP contribution in [-0.4, -0.2) is 48.3 Å². The molecule has 0 radical (unpaired) electrons. The van der Waals surface area contributed by atoms with E-state index < -0.39 is 35.6 Å². The predicted molar refractivity (Wildman–Crippen MR) is 228 cm³/mol. The van der Waals surface area contributed by atoms with E-state index in [9.17, 15) is 19.5 Å². The first-order valence-electron chi connectivity index (χ1n) is 20.0. The second kappa shape index (κ2) is 18.6. The summed E-state index contributed by atoms with van der Waals surface area (Å²) in [6.07, 6.45) is 0.803. The number of carbonyl (C=O) groups excluding carboxylic acids is 2. The number of rotatable bonds is 17. The van der Waals surface area contributed by atoms with E-state index in [1.54, 1.807) is 0 Å². The summed E-state index contributed by atoms with van der Waals surface area (Å²) in [4.78, 5) is 39.8. The van der Waals surface area contributed by atoms with E-state index in [0.717, 1.165) is 44.5 Å². The SMILES string of the molecule is Cc1ccc(C(NCCCC[C@H](NC(=O)[C@H](Cc2ccccc2)NC(=O)OCC2c3ccccc3-c3ccccc32)C(=O)O)(c2ccccc2)c2ccccc2)cc1. The van der Waals surface area contributed by atoms with Crippen molar-refractivity contribution in [3.8, 4) is 11.1 Å². The molecule has 0 saturated heterocycles. The molecule has 2 amide bonds. The minimum atomic E-state index is -1.15. The molecule has 1 aliphatic rings. The van der Waals surface area contributed by atoms with E-state index in [1.165, 1.54) is 5.56 Å². The van der Waals surface area contributed by atoms with Gasteiger partial charge in [-0.1, -0.05) is 169 Å². The summed E-state index contributed by atoms with van der Waals surface area (Å²) in [6.45, 7) is 2.74. The number of fused-ring (bicyclic) bond motifs is 3. The number of ether oxygens (including phenoxy) is 1. The van der Waals surface area contributed by atoms with Crippen LogP contribution in [-0.2, 0) is 26.3 Å². The zero-order valence-corrected chi connectivity index (χ0v) is 32.6. The lowest BCUT2D eigenvalue weighted by molar-refractivity contribution is -0.142. The van der Waals surface area contributed by atoms with Crippen molar-refractivity contribution in [3.63, 3.8) is 0 Å². The van der Waals surface area contributed by atoms with Crippen LogP contribution in [0.5, 0.6) is 0 Å². The first-order valence-corrected chi connectivity index (χ1v) is 20.0. The molecule has 4 N–H and O–H groups in total. The Hall–Kier alpha value is -6.51. The summed E-state index contributed by atoms with van der Waals surface area (Å²) >= 11 is 0. The van der Waals surface area contributed by atoms with Crippen molar-refractivity contribution in [1.82, 2.24) is 16.0 Å². The molecule has 7 rings (SSSR count). The van der Waals surface area contributed by atoms with E-state index in [0.29, 0.717) is 19.4 Å². The molecule has 0 bridgehead atoms. The summed E-state index contributed by atoms with van der Waals surface area (Å²) in [5.41, 5.74) is 9.00. The second-order valence-corrected chi connectivity index (χ2v) is 14.9. The Morgan fingerprint density at radius 1 is 0.621 bits per heavy atom. The molecule has 0 aliphatic heterocycles. The minimum absolute atomic E-state index is 0.0884. The van der Waals surface area contributed by atoms with Crippen LogP contribution in [0.25, 0.3) is 11.1 Å². The van der Waals surface area contributed by atoms with Crippen LogP contribution in [0.2, 0.25) is 0 Å². The number of carboxylic acids is 1. The predicted octanol–water partition coefficient (Wildman–Crippen LogP) is 8.77. The number of aliphatic carboxylic acids is 1. The molecule has 1 aliphatic carbocycles. The van der Waals surface area contributed by atoms with E-state index in [1.807, 2.05) is 103 Å². The van der Waals surface area contributed by atoms with Crippen molar-refractivity contribution in [2.24, 2.45) is 0 Å². The second-order valence-electron chi connectivity index (χ2n) is 14.9. The van der Waals surface area contributed by atoms with E-state index in [4.69, 9.17) is 4.74 Å². The lowest BCUT2D eigenvalue weighted by Gasteiger charge is -2.37. The van der Waals surface area contributed by atoms with Gasteiger partial charge in [0.2, 0.25) is 5.91 Å². The Kier molecular flexibility index (Phi) is 12.8. The maximum atomic E-state index is 13.8. The van der Waals surface area contributed by atoms with Crippen molar-refractivity contribution < 1.29 is 24.2 Å². The molecule has 2 atom stereocenters. The van der Waals surface area contributed by atoms with Gasteiger partial charge < -0.3 is 20.5 Å². The van der Waals surface area contributed by atoms with E-state index in [-0.39, 0.29) is 25.4 Å². The third-order valence-corrected chi connectivity index (χ3v) is 11.1. The molecule has 6 aromatic rings. The molecule has 0 unspecified atom stereocenters. The monoisotopic (exact) mass is 771 g/mol. The number of aryl methyl sites for hydroxylation is 1. The highest BCUT2D eigenvalue weighted by Gasteiger charge is 2.36. The summed E-state index contributed by atoms with van der Waals surface area (Å²) in [5.74, 6) is -1.87. The Morgan fingerprint density at radius 3 is 1.71 bits per heavy atom. The number of benzene rings is 6. The zero-order valence-electron chi connectivity index (χ0n) is 32.6. The van der Waals surface area contributed by atoms with Gasteiger partial charge in [0.05, 0.1) is 5.54 Å². The first-order chi connectivity index (χ1) is 28.3. The molecule has 0 heterocycles. The fraction of sp³-hybridized carbons (Fsp3) is 0.220. The van der Waals surface area contributed by atoms with Gasteiger partial charge in [0.25, 0.3) is 0 Å². The van der Waals surface area contributed by atoms with Gasteiger partial charge in [-0.25, -0.2) is 9.59 Å². The fourth-order valence-corrected chi connectivity index (χ4v) is 8.11. The summed E-state index contributed by atoms with van der Waals surface area (Å²) < 4.78 is 5.78. The van der Waals surface area contributed by atoms with Gasteiger partial charge in [-0.05, 0) is 77.2 Å². The van der Waals surface area contributed by atoms with Gasteiger partial charge in [-0.3, -0.25) is 10.1 Å². The standard InChI is InChI=1S/C50H49N3O5/c1-35-28-30-39(31-29-35)50(37-19-7-3-8-20-37,38-21-9-4-10-22-38)51-32-16-15-27-45(48(55)56)52-47(54)46(33-36-17-5-2-6-18-36)53-49(57)58-34-44-42-25-13-11-23-40(42)41-24-12-14-26-43(41)44/h2-14,17-26,28-31,44-46,51H,15-16,27,32-34H2,1H3,(H,52,54)(H,53,57)(H,55,56)/t45-,46-/m0/s1. The number of nitrogens with one attached hydrogen (secondary N) is 3. The van der Waals surface area contributed by atoms with Gasteiger partial charge >= 0.3 is 12.1 Å². The van der Waals surface area contributed by atoms with Crippen molar-refractivity contribution in [3.05, 3.63) is 203 Å². The molecule has 8 heteroatoms. The molecule has 0 aromatic heterocycles. The Balaban J connectivity index is 1.01. The van der Waals surface area contributed by atoms with Crippen LogP contribution in [0.1, 0.15) is 64.1 Å². The minimum Gasteiger partial charge on any atom is -0.480 e. The Bertz CT molecular complexity index is 2210. The lowest BCUT2D eigenvalue weighted by Crippen LogP contribution is -2.52. The van der Waals surface area contributed by atoms with Crippen molar-refractivity contribution >= 4 is 18.0 Å². The first kappa shape index (κ1) is 39.7. The highest BCUT2D eigenvalue weighted by Crippen LogP contribution is 2.44. The van der Waals surface area contributed by atoms with Crippen LogP contribution < -0.4 is 16.0 Å². The van der Waals surface area contributed by atoms with Crippen molar-refractivity contribution in [2.75, 3.05) is 13.2 Å². The molecule has 0 spiro atoms. The number of hydrogen-bond acceptors (Lipinski definition) is 5. The third kappa shape index (κ3) is 9.03. The number of carbonyl (C=O) groups is 3. The van der Waals surface area contributed by atoms with Crippen LogP contribution in [0.15, 0.2) is 164 Å². The molecule has 8 nitrogen and oxygen atoms in total. The van der Waals surface area contributed by atoms with Crippen LogP contribution in [0.4, 0.5) is 4.79 Å². The van der Waals surface area contributed by atoms with Crippen LogP contribution >= 0.6 is 0 Å². The lowest BCUT2D eigenvalue weighted by atomic mass is 9.76. The van der Waals surface area contributed by atoms with E-state index >= 15 is 0 Å². The molecule has 58 heavy (non-hydrogen) atoms. The topological polar surface area (TPSA) is 117 Å². The average molecular weight is 772 g/mol. The number of alkyl carbamates (subject to hydrolysis) is 1. The Morgan fingerprint density at radius 2 is 1.14 bits per heavy atom. The molecule has 0 saturated carbocycles. The van der Waals surface area contributed by atoms with Crippen molar-refractivity contribution in [1.29, 1.82) is 0 Å². The Labute approximate surface area is 340 Å². The molecular weight excluding hydrogens is 723 g/mol. The normalized spacial score (nSPS) is 13.1. The van der Waals surface area contributed by atoms with E-state index in [2.05, 4.69) is 83.5 Å². The van der Waals surface area contributed by atoms with Crippen molar-refractivity contribution in [2.45, 2.75) is 56.1 Å². The van der Waals surface area contributed by atoms with Gasteiger partial charge in [0.15, 0.2) is 0 Å². The molecule has 6 aromatic carbocycles. The quantitative estimate of drug-likeness (QED) is 0.0545. The molecular formula is C50H49N3O5. The highest BCUT2D eigenvalue weighted by atomic mass is 16.5. The maximum absolute atomic E-state index is 13.8. The summed E-state index contributed by atoms with van der Waals surface area (Å²) in [7, 11) is 0. The smallest absolute Gasteiger partial charge is 0.407 e. The van der Waals surface area contributed by atoms with Crippen LogP contribution in [0, 0.1) is 6.92 Å². The maximum Gasteiger partial charge on any atom is 0.407 e. The number of carboxylic acid groups (broad SMARTS) is 1. The van der Waals surface area contributed by atoms with Gasteiger partial charge in [-0.15, -0.1) is 0 Å². The summed E-state index contributed by atoms with van der Waals surface area (Å²) in [5, 5.41) is 19.6. The third-order valence-electron chi connectivity index (χ3n) is 11.1. The zero-order chi connectivity index (χ0) is 40.3. The van der Waals surface area contributed by atoms with Gasteiger partial charge in [-0.2, -0.15) is 0 Å². The largest absolute Gasteiger partial charge is 0.480 e. The number of unbranched alkanes of at least 4 members (excludes halogenated alkanes) is 1. The van der Waals surface area contributed by atoms with Gasteiger partial charge in [0.1, 0.15) is 18.7 Å². The molecule has 0 fully saturated rings. The van der Waals surface area contributed by atoms with Crippen LogP contribution in [0.3, 0.4) is 0 Å². The van der Waals surface area contributed by atoms with Gasteiger partial charge in [0, 0.05) is 12.3 Å². The summed E-state index contributed by atoms with van der Waals surface area (Å²) in [6, 6.07) is 52.5.